The zero-order chi connectivity index (χ0) is 15.2. The molecular formula is C13H21F3N2O2. The van der Waals surface area contributed by atoms with Crippen molar-refractivity contribution in [1.82, 2.24) is 10.2 Å². The van der Waals surface area contributed by atoms with E-state index in [1.54, 1.807) is 4.90 Å². The first kappa shape index (κ1) is 16.8. The number of hydrogen-bond acceptors (Lipinski definition) is 2. The van der Waals surface area contributed by atoms with Crippen LogP contribution in [0.15, 0.2) is 0 Å². The number of carbonyl (C=O) groups excluding carboxylic acids is 2. The van der Waals surface area contributed by atoms with Crippen LogP contribution in [0.4, 0.5) is 13.2 Å². The highest BCUT2D eigenvalue weighted by Crippen LogP contribution is 2.19. The first-order valence-corrected chi connectivity index (χ1v) is 6.95. The first-order valence-electron chi connectivity index (χ1n) is 6.95. The third-order valence-corrected chi connectivity index (χ3v) is 3.43. The molecule has 1 fully saturated rings. The van der Waals surface area contributed by atoms with Gasteiger partial charge in [-0.1, -0.05) is 13.3 Å². The number of amides is 2. The molecule has 1 N–H and O–H groups in total. The lowest BCUT2D eigenvalue weighted by atomic mass is 9.95. The highest BCUT2D eigenvalue weighted by molar-refractivity contribution is 5.80. The van der Waals surface area contributed by atoms with Crippen LogP contribution in [0.1, 0.15) is 39.0 Å². The molecule has 20 heavy (non-hydrogen) atoms. The number of carbonyl (C=O) groups is 2. The SMILES string of the molecule is CCCCC(=O)N1CCC(C(=O)NCC(F)(F)F)CC1. The minimum atomic E-state index is -4.38. The van der Waals surface area contributed by atoms with Gasteiger partial charge in [0.25, 0.3) is 0 Å². The summed E-state index contributed by atoms with van der Waals surface area (Å²) in [6.07, 6.45) is -1.23. The molecule has 0 spiro atoms. The number of halogens is 3. The average Bonchev–Trinajstić information content (AvgIpc) is 2.41. The number of unbranched alkanes of at least 4 members (excludes halogenated alkanes) is 1. The zero-order valence-electron chi connectivity index (χ0n) is 11.6. The molecule has 0 aromatic heterocycles. The Bertz CT molecular complexity index is 337. The van der Waals surface area contributed by atoms with Gasteiger partial charge in [0.1, 0.15) is 6.54 Å². The molecule has 7 heteroatoms. The van der Waals surface area contributed by atoms with Gasteiger partial charge < -0.3 is 10.2 Å². The van der Waals surface area contributed by atoms with Crippen LogP contribution in [0.2, 0.25) is 0 Å². The smallest absolute Gasteiger partial charge is 0.347 e. The molecule has 1 aliphatic heterocycles. The van der Waals surface area contributed by atoms with Gasteiger partial charge in [0.15, 0.2) is 0 Å². The molecule has 4 nitrogen and oxygen atoms in total. The maximum atomic E-state index is 12.0. The van der Waals surface area contributed by atoms with Gasteiger partial charge in [-0.15, -0.1) is 0 Å². The Morgan fingerprint density at radius 1 is 1.25 bits per heavy atom. The second-order valence-corrected chi connectivity index (χ2v) is 5.09. The van der Waals surface area contributed by atoms with Gasteiger partial charge in [-0.3, -0.25) is 9.59 Å². The summed E-state index contributed by atoms with van der Waals surface area (Å²) in [4.78, 5) is 25.0. The molecule has 116 valence electrons. The van der Waals surface area contributed by atoms with Gasteiger partial charge in [-0.2, -0.15) is 13.2 Å². The first-order chi connectivity index (χ1) is 9.33. The monoisotopic (exact) mass is 294 g/mol. The van der Waals surface area contributed by atoms with Crippen molar-refractivity contribution in [2.45, 2.75) is 45.2 Å². The highest BCUT2D eigenvalue weighted by Gasteiger charge is 2.31. The number of likely N-dealkylation sites (tertiary alicyclic amines) is 1. The highest BCUT2D eigenvalue weighted by atomic mass is 19.4. The largest absolute Gasteiger partial charge is 0.405 e. The molecule has 1 rings (SSSR count). The van der Waals surface area contributed by atoms with Gasteiger partial charge >= 0.3 is 6.18 Å². The molecule has 0 aromatic carbocycles. The van der Waals surface area contributed by atoms with Gasteiger partial charge in [-0.05, 0) is 19.3 Å². The second-order valence-electron chi connectivity index (χ2n) is 5.09. The Morgan fingerprint density at radius 3 is 2.35 bits per heavy atom. The summed E-state index contributed by atoms with van der Waals surface area (Å²) < 4.78 is 36.0. The summed E-state index contributed by atoms with van der Waals surface area (Å²) in [5.74, 6) is -0.920. The maximum absolute atomic E-state index is 12.0. The Labute approximate surface area is 116 Å². The summed E-state index contributed by atoms with van der Waals surface area (Å²) in [6, 6.07) is 0. The third kappa shape index (κ3) is 5.79. The van der Waals surface area contributed by atoms with Crippen LogP contribution in [-0.2, 0) is 9.59 Å². The van der Waals surface area contributed by atoms with E-state index in [9.17, 15) is 22.8 Å². The summed E-state index contributed by atoms with van der Waals surface area (Å²) in [5.41, 5.74) is 0. The Hall–Kier alpha value is -1.27. The number of hydrogen-bond donors (Lipinski definition) is 1. The lowest BCUT2D eigenvalue weighted by Gasteiger charge is -2.31. The molecule has 0 saturated carbocycles. The lowest BCUT2D eigenvalue weighted by molar-refractivity contribution is -0.143. The van der Waals surface area contributed by atoms with Crippen LogP contribution in [-0.4, -0.2) is 42.5 Å². The molecule has 0 bridgehead atoms. The van der Waals surface area contributed by atoms with Crippen LogP contribution in [0.5, 0.6) is 0 Å². The van der Waals surface area contributed by atoms with Crippen molar-refractivity contribution in [1.29, 1.82) is 0 Å². The lowest BCUT2D eigenvalue weighted by Crippen LogP contribution is -2.44. The molecule has 1 heterocycles. The number of alkyl halides is 3. The van der Waals surface area contributed by atoms with Crippen LogP contribution in [0.3, 0.4) is 0 Å². The van der Waals surface area contributed by atoms with E-state index in [-0.39, 0.29) is 5.91 Å². The van der Waals surface area contributed by atoms with E-state index in [4.69, 9.17) is 0 Å². The van der Waals surface area contributed by atoms with Crippen molar-refractivity contribution in [3.05, 3.63) is 0 Å². The number of piperidine rings is 1. The molecular weight excluding hydrogens is 273 g/mol. The zero-order valence-corrected chi connectivity index (χ0v) is 11.6. The second kappa shape index (κ2) is 7.50. The summed E-state index contributed by atoms with van der Waals surface area (Å²) in [5, 5.41) is 1.90. The van der Waals surface area contributed by atoms with Gasteiger partial charge in [-0.25, -0.2) is 0 Å². The quantitative estimate of drug-likeness (QED) is 0.844. The maximum Gasteiger partial charge on any atom is 0.405 e. The standard InChI is InChI=1S/C13H21F3N2O2/c1-2-3-4-11(19)18-7-5-10(6-8-18)12(20)17-9-13(14,15)16/h10H,2-9H2,1H3,(H,17,20). The van der Waals surface area contributed by atoms with Crippen LogP contribution in [0, 0.1) is 5.92 Å². The van der Waals surface area contributed by atoms with Crippen molar-refractivity contribution >= 4 is 11.8 Å². The normalized spacial score (nSPS) is 17.1. The van der Waals surface area contributed by atoms with Crippen molar-refractivity contribution < 1.29 is 22.8 Å². The fourth-order valence-electron chi connectivity index (χ4n) is 2.21. The number of nitrogens with zero attached hydrogens (tertiary/aromatic N) is 1. The summed E-state index contributed by atoms with van der Waals surface area (Å²) >= 11 is 0. The molecule has 1 saturated heterocycles. The predicted molar refractivity (Wildman–Crippen MR) is 67.9 cm³/mol. The van der Waals surface area contributed by atoms with Crippen LogP contribution >= 0.6 is 0 Å². The average molecular weight is 294 g/mol. The fraction of sp³-hybridized carbons (Fsp3) is 0.846. The Morgan fingerprint density at radius 2 is 1.85 bits per heavy atom. The van der Waals surface area contributed by atoms with E-state index in [1.165, 1.54) is 0 Å². The van der Waals surface area contributed by atoms with Crippen LogP contribution < -0.4 is 5.32 Å². The van der Waals surface area contributed by atoms with Crippen LogP contribution in [0.25, 0.3) is 0 Å². The van der Waals surface area contributed by atoms with Crippen molar-refractivity contribution in [3.8, 4) is 0 Å². The fourth-order valence-corrected chi connectivity index (χ4v) is 2.21. The third-order valence-electron chi connectivity index (χ3n) is 3.43. The molecule has 0 atom stereocenters. The van der Waals surface area contributed by atoms with Crippen molar-refractivity contribution in [2.75, 3.05) is 19.6 Å². The van der Waals surface area contributed by atoms with E-state index in [1.807, 2.05) is 12.2 Å². The van der Waals surface area contributed by atoms with Gasteiger partial charge in [0, 0.05) is 25.4 Å². The van der Waals surface area contributed by atoms with Gasteiger partial charge in [0.2, 0.25) is 11.8 Å². The van der Waals surface area contributed by atoms with Crippen molar-refractivity contribution in [2.24, 2.45) is 5.92 Å². The van der Waals surface area contributed by atoms with Gasteiger partial charge in [0.05, 0.1) is 0 Å². The molecule has 2 amide bonds. The summed E-state index contributed by atoms with van der Waals surface area (Å²) in [6.45, 7) is 1.62. The van der Waals surface area contributed by atoms with E-state index in [0.29, 0.717) is 32.4 Å². The Balaban J connectivity index is 2.31. The molecule has 0 radical (unpaired) electrons. The molecule has 0 aliphatic carbocycles. The predicted octanol–water partition coefficient (Wildman–Crippen LogP) is 2.09. The molecule has 0 aromatic rings. The van der Waals surface area contributed by atoms with E-state index >= 15 is 0 Å². The Kier molecular flexibility index (Phi) is 6.29. The molecule has 1 aliphatic rings. The molecule has 0 unspecified atom stereocenters. The number of nitrogens with one attached hydrogen (secondary N) is 1. The minimum Gasteiger partial charge on any atom is -0.347 e. The van der Waals surface area contributed by atoms with E-state index in [0.717, 1.165) is 12.8 Å². The van der Waals surface area contributed by atoms with E-state index < -0.39 is 24.5 Å². The number of rotatable bonds is 5. The topological polar surface area (TPSA) is 49.4 Å². The minimum absolute atomic E-state index is 0.0704. The van der Waals surface area contributed by atoms with E-state index in [2.05, 4.69) is 0 Å². The van der Waals surface area contributed by atoms with Crippen molar-refractivity contribution in [3.63, 3.8) is 0 Å². The summed E-state index contributed by atoms with van der Waals surface area (Å²) in [7, 11) is 0.